The number of aromatic nitrogens is 2. The van der Waals surface area contributed by atoms with E-state index in [1.807, 2.05) is 12.1 Å². The van der Waals surface area contributed by atoms with Crippen LogP contribution in [0.3, 0.4) is 0 Å². The lowest BCUT2D eigenvalue weighted by Crippen LogP contribution is -1.87. The van der Waals surface area contributed by atoms with E-state index in [1.165, 1.54) is 11.1 Å². The van der Waals surface area contributed by atoms with Gasteiger partial charge in [-0.1, -0.05) is 35.9 Å². The number of aromatic hydroxyl groups is 1. The summed E-state index contributed by atoms with van der Waals surface area (Å²) in [5.41, 5.74) is 6.84. The lowest BCUT2D eigenvalue weighted by Gasteiger charge is -2.03. The molecule has 1 heterocycles. The van der Waals surface area contributed by atoms with Crippen molar-refractivity contribution in [1.29, 1.82) is 0 Å². The number of phenols is 1. The van der Waals surface area contributed by atoms with Gasteiger partial charge in [-0.05, 0) is 43.2 Å². The molecule has 0 aliphatic carbocycles. The van der Waals surface area contributed by atoms with Crippen LogP contribution in [0.5, 0.6) is 5.75 Å². The largest absolute Gasteiger partial charge is 0.508 e. The van der Waals surface area contributed by atoms with E-state index in [2.05, 4.69) is 48.3 Å². The van der Waals surface area contributed by atoms with Gasteiger partial charge in [-0.2, -0.15) is 5.10 Å². The van der Waals surface area contributed by atoms with Crippen molar-refractivity contribution in [1.82, 2.24) is 10.2 Å². The molecule has 0 spiro atoms. The maximum absolute atomic E-state index is 9.31. The Hall–Kier alpha value is -2.55. The van der Waals surface area contributed by atoms with Gasteiger partial charge in [0.05, 0.1) is 5.69 Å². The molecule has 0 saturated carbocycles. The van der Waals surface area contributed by atoms with E-state index in [0.29, 0.717) is 5.75 Å². The summed E-state index contributed by atoms with van der Waals surface area (Å²) in [6.45, 7) is 4.20. The van der Waals surface area contributed by atoms with Crippen LogP contribution >= 0.6 is 0 Å². The molecule has 3 nitrogen and oxygen atoms in total. The van der Waals surface area contributed by atoms with Crippen molar-refractivity contribution in [2.24, 2.45) is 0 Å². The molecule has 3 heteroatoms. The molecule has 0 aliphatic heterocycles. The number of nitrogens with zero attached hydrogens (tertiary/aromatic N) is 1. The van der Waals surface area contributed by atoms with Gasteiger partial charge in [0, 0.05) is 17.7 Å². The van der Waals surface area contributed by atoms with E-state index in [0.717, 1.165) is 28.9 Å². The second-order valence-electron chi connectivity index (χ2n) is 5.44. The summed E-state index contributed by atoms with van der Waals surface area (Å²) in [5, 5.41) is 16.8. The molecule has 3 aromatic rings. The number of aryl methyl sites for hydroxylation is 2. The van der Waals surface area contributed by atoms with Crippen molar-refractivity contribution in [3.05, 3.63) is 70.9 Å². The first-order valence-corrected chi connectivity index (χ1v) is 7.01. The Balaban J connectivity index is 1.84. The van der Waals surface area contributed by atoms with Crippen molar-refractivity contribution in [3.8, 4) is 17.0 Å². The standard InChI is InChI=1S/C18H18N2O/c1-12-3-8-17(13(2)9-12)18-11-15(19-20-18)10-14-4-6-16(21)7-5-14/h3-9,11,21H,10H2,1-2H3,(H,19,20). The molecule has 2 aromatic carbocycles. The van der Waals surface area contributed by atoms with Crippen LogP contribution in [0.2, 0.25) is 0 Å². The Morgan fingerprint density at radius 2 is 1.76 bits per heavy atom. The molecular weight excluding hydrogens is 260 g/mol. The van der Waals surface area contributed by atoms with E-state index in [9.17, 15) is 5.11 Å². The molecule has 1 aromatic heterocycles. The van der Waals surface area contributed by atoms with Crippen LogP contribution in [0, 0.1) is 13.8 Å². The predicted molar refractivity (Wildman–Crippen MR) is 84.4 cm³/mol. The first-order chi connectivity index (χ1) is 10.1. The highest BCUT2D eigenvalue weighted by Crippen LogP contribution is 2.23. The minimum Gasteiger partial charge on any atom is -0.508 e. The number of benzene rings is 2. The third kappa shape index (κ3) is 2.97. The van der Waals surface area contributed by atoms with Gasteiger partial charge in [-0.15, -0.1) is 0 Å². The Kier molecular flexibility index (Phi) is 3.48. The molecule has 3 rings (SSSR count). The summed E-state index contributed by atoms with van der Waals surface area (Å²) in [5.74, 6) is 0.291. The molecule has 0 bridgehead atoms. The SMILES string of the molecule is Cc1ccc(-c2cc(Cc3ccc(O)cc3)[nH]n2)c(C)c1. The molecular formula is C18H18N2O. The van der Waals surface area contributed by atoms with E-state index >= 15 is 0 Å². The fourth-order valence-corrected chi connectivity index (χ4v) is 2.52. The lowest BCUT2D eigenvalue weighted by molar-refractivity contribution is 0.475. The zero-order valence-electron chi connectivity index (χ0n) is 12.2. The maximum Gasteiger partial charge on any atom is 0.115 e. The minimum atomic E-state index is 0.291. The van der Waals surface area contributed by atoms with Crippen molar-refractivity contribution in [2.75, 3.05) is 0 Å². The van der Waals surface area contributed by atoms with Gasteiger partial charge in [0.2, 0.25) is 0 Å². The van der Waals surface area contributed by atoms with Crippen LogP contribution in [-0.2, 0) is 6.42 Å². The number of aromatic amines is 1. The fourth-order valence-electron chi connectivity index (χ4n) is 2.52. The van der Waals surface area contributed by atoms with Crippen LogP contribution in [0.1, 0.15) is 22.4 Å². The Morgan fingerprint density at radius 1 is 1.00 bits per heavy atom. The predicted octanol–water partition coefficient (Wildman–Crippen LogP) is 3.99. The number of hydrogen-bond acceptors (Lipinski definition) is 2. The second-order valence-corrected chi connectivity index (χ2v) is 5.44. The molecule has 0 radical (unpaired) electrons. The topological polar surface area (TPSA) is 48.9 Å². The second kappa shape index (κ2) is 5.44. The van der Waals surface area contributed by atoms with Gasteiger partial charge in [0.15, 0.2) is 0 Å². The van der Waals surface area contributed by atoms with E-state index in [1.54, 1.807) is 12.1 Å². The molecule has 0 amide bonds. The van der Waals surface area contributed by atoms with Gasteiger partial charge in [-0.25, -0.2) is 0 Å². The monoisotopic (exact) mass is 278 g/mol. The zero-order valence-corrected chi connectivity index (χ0v) is 12.2. The Bertz CT molecular complexity index is 757. The van der Waals surface area contributed by atoms with Gasteiger partial charge < -0.3 is 5.11 Å². The average molecular weight is 278 g/mol. The number of nitrogens with one attached hydrogen (secondary N) is 1. The van der Waals surface area contributed by atoms with Crippen molar-refractivity contribution < 1.29 is 5.11 Å². The summed E-state index contributed by atoms with van der Waals surface area (Å²) in [7, 11) is 0. The van der Waals surface area contributed by atoms with Crippen LogP contribution in [0.25, 0.3) is 11.3 Å². The quantitative estimate of drug-likeness (QED) is 0.761. The molecule has 0 unspecified atom stereocenters. The molecule has 2 N–H and O–H groups in total. The molecule has 0 saturated heterocycles. The molecule has 0 fully saturated rings. The number of H-pyrrole nitrogens is 1. The lowest BCUT2D eigenvalue weighted by atomic mass is 10.0. The van der Waals surface area contributed by atoms with Crippen molar-refractivity contribution >= 4 is 0 Å². The highest BCUT2D eigenvalue weighted by molar-refractivity contribution is 5.64. The maximum atomic E-state index is 9.31. The van der Waals surface area contributed by atoms with E-state index < -0.39 is 0 Å². The first-order valence-electron chi connectivity index (χ1n) is 7.01. The minimum absolute atomic E-state index is 0.291. The fraction of sp³-hybridized carbons (Fsp3) is 0.167. The normalized spacial score (nSPS) is 10.8. The Labute approximate surface area is 124 Å². The molecule has 21 heavy (non-hydrogen) atoms. The van der Waals surface area contributed by atoms with E-state index in [4.69, 9.17) is 0 Å². The van der Waals surface area contributed by atoms with Crippen molar-refractivity contribution in [3.63, 3.8) is 0 Å². The highest BCUT2D eigenvalue weighted by atomic mass is 16.3. The van der Waals surface area contributed by atoms with Crippen LogP contribution in [0.15, 0.2) is 48.5 Å². The third-order valence-electron chi connectivity index (χ3n) is 3.62. The number of phenolic OH excluding ortho intramolecular Hbond substituents is 1. The molecule has 0 aliphatic rings. The first kappa shape index (κ1) is 13.4. The van der Waals surface area contributed by atoms with Gasteiger partial charge in [0.25, 0.3) is 0 Å². The van der Waals surface area contributed by atoms with Crippen LogP contribution in [-0.4, -0.2) is 15.3 Å². The summed E-state index contributed by atoms with van der Waals surface area (Å²) >= 11 is 0. The smallest absolute Gasteiger partial charge is 0.115 e. The summed E-state index contributed by atoms with van der Waals surface area (Å²) < 4.78 is 0. The zero-order chi connectivity index (χ0) is 14.8. The number of rotatable bonds is 3. The van der Waals surface area contributed by atoms with Crippen LogP contribution < -0.4 is 0 Å². The molecule has 0 atom stereocenters. The summed E-state index contributed by atoms with van der Waals surface area (Å²) in [6.07, 6.45) is 0.776. The average Bonchev–Trinajstić information content (AvgIpc) is 2.90. The van der Waals surface area contributed by atoms with Gasteiger partial charge in [-0.3, -0.25) is 5.10 Å². The summed E-state index contributed by atoms with van der Waals surface area (Å²) in [6, 6.07) is 15.7. The van der Waals surface area contributed by atoms with Gasteiger partial charge >= 0.3 is 0 Å². The van der Waals surface area contributed by atoms with Crippen LogP contribution in [0.4, 0.5) is 0 Å². The third-order valence-corrected chi connectivity index (χ3v) is 3.62. The van der Waals surface area contributed by atoms with Gasteiger partial charge in [0.1, 0.15) is 5.75 Å². The molecule has 106 valence electrons. The highest BCUT2D eigenvalue weighted by Gasteiger charge is 2.07. The Morgan fingerprint density at radius 3 is 2.48 bits per heavy atom. The van der Waals surface area contributed by atoms with Crippen molar-refractivity contribution in [2.45, 2.75) is 20.3 Å². The summed E-state index contributed by atoms with van der Waals surface area (Å²) in [4.78, 5) is 0. The van der Waals surface area contributed by atoms with E-state index in [-0.39, 0.29) is 0 Å². The number of hydrogen-bond donors (Lipinski definition) is 2.